The van der Waals surface area contributed by atoms with E-state index < -0.39 is 0 Å². The van der Waals surface area contributed by atoms with Gasteiger partial charge in [-0.25, -0.2) is 0 Å². The van der Waals surface area contributed by atoms with Crippen molar-refractivity contribution in [3.8, 4) is 5.75 Å². The quantitative estimate of drug-likeness (QED) is 0.845. The Kier molecular flexibility index (Phi) is 6.17. The molecule has 0 spiro atoms. The third-order valence-corrected chi connectivity index (χ3v) is 3.96. The van der Waals surface area contributed by atoms with Crippen LogP contribution in [-0.4, -0.2) is 18.4 Å². The molecule has 0 aromatic heterocycles. The van der Waals surface area contributed by atoms with E-state index in [2.05, 4.69) is 30.5 Å². The molecule has 2 amide bonds. The number of anilines is 1. The van der Waals surface area contributed by atoms with Gasteiger partial charge in [-0.2, -0.15) is 0 Å². The lowest BCUT2D eigenvalue weighted by molar-refractivity contribution is -0.123. The van der Waals surface area contributed by atoms with E-state index in [1.54, 1.807) is 24.3 Å². The van der Waals surface area contributed by atoms with Gasteiger partial charge in [-0.05, 0) is 49.6 Å². The van der Waals surface area contributed by atoms with E-state index in [9.17, 15) is 9.59 Å². The molecule has 0 aliphatic rings. The molecule has 2 N–H and O–H groups in total. The van der Waals surface area contributed by atoms with E-state index in [4.69, 9.17) is 4.74 Å². The predicted octanol–water partition coefficient (Wildman–Crippen LogP) is 3.52. The Labute approximate surface area is 148 Å². The van der Waals surface area contributed by atoms with E-state index in [0.717, 1.165) is 5.56 Å². The summed E-state index contributed by atoms with van der Waals surface area (Å²) in [6, 6.07) is 13.1. The number of rotatable bonds is 6. The smallest absolute Gasteiger partial charge is 0.258 e. The number of carbonyl (C=O) groups excluding carboxylic acids is 2. The highest BCUT2D eigenvalue weighted by Crippen LogP contribution is 2.23. The zero-order chi connectivity index (χ0) is 18.4. The number of para-hydroxylation sites is 2. The second-order valence-corrected chi connectivity index (χ2v) is 6.10. The summed E-state index contributed by atoms with van der Waals surface area (Å²) in [5.74, 6) is 0.0545. The molecule has 2 aromatic carbocycles. The van der Waals surface area contributed by atoms with Crippen LogP contribution in [0.2, 0.25) is 0 Å². The molecule has 0 aliphatic carbocycles. The van der Waals surface area contributed by atoms with Crippen molar-refractivity contribution in [3.63, 3.8) is 0 Å². The maximum Gasteiger partial charge on any atom is 0.258 e. The van der Waals surface area contributed by atoms with Crippen LogP contribution in [0, 0.1) is 13.8 Å². The molecule has 1 unspecified atom stereocenters. The Hall–Kier alpha value is -2.82. The molecule has 25 heavy (non-hydrogen) atoms. The molecule has 0 heterocycles. The van der Waals surface area contributed by atoms with Gasteiger partial charge in [0.05, 0.1) is 11.7 Å². The number of benzene rings is 2. The van der Waals surface area contributed by atoms with Gasteiger partial charge in [-0.15, -0.1) is 0 Å². The Morgan fingerprint density at radius 3 is 2.48 bits per heavy atom. The first kappa shape index (κ1) is 18.5. The molecule has 0 radical (unpaired) electrons. The molecule has 0 aliphatic heterocycles. The van der Waals surface area contributed by atoms with Crippen molar-refractivity contribution >= 4 is 17.5 Å². The minimum atomic E-state index is -0.219. The van der Waals surface area contributed by atoms with Crippen molar-refractivity contribution < 1.29 is 14.3 Å². The average molecular weight is 340 g/mol. The molecule has 5 nitrogen and oxygen atoms in total. The zero-order valence-electron chi connectivity index (χ0n) is 15.1. The summed E-state index contributed by atoms with van der Waals surface area (Å²) in [5.41, 5.74) is 4.01. The molecule has 0 fully saturated rings. The molecule has 1 atom stereocenters. The van der Waals surface area contributed by atoms with Gasteiger partial charge in [0, 0.05) is 6.92 Å². The molecule has 2 aromatic rings. The summed E-state index contributed by atoms with van der Waals surface area (Å²) in [6.45, 7) is 7.35. The van der Waals surface area contributed by atoms with Crippen LogP contribution in [0.5, 0.6) is 5.75 Å². The van der Waals surface area contributed by atoms with Gasteiger partial charge in [0.15, 0.2) is 6.61 Å². The van der Waals surface area contributed by atoms with Crippen molar-refractivity contribution in [3.05, 3.63) is 59.2 Å². The van der Waals surface area contributed by atoms with Gasteiger partial charge in [0.2, 0.25) is 5.91 Å². The van der Waals surface area contributed by atoms with Crippen LogP contribution in [0.3, 0.4) is 0 Å². The van der Waals surface area contributed by atoms with Crippen molar-refractivity contribution in [2.45, 2.75) is 33.7 Å². The molecular formula is C20H24N2O3. The highest BCUT2D eigenvalue weighted by Gasteiger charge is 2.12. The third kappa shape index (κ3) is 5.35. The monoisotopic (exact) mass is 340 g/mol. The summed E-state index contributed by atoms with van der Waals surface area (Å²) in [4.78, 5) is 23.4. The Morgan fingerprint density at radius 1 is 1.08 bits per heavy atom. The minimum absolute atomic E-state index is 0.110. The Balaban J connectivity index is 1.94. The lowest BCUT2D eigenvalue weighted by Crippen LogP contribution is -2.31. The molecular weight excluding hydrogens is 316 g/mol. The predicted molar refractivity (Wildman–Crippen MR) is 98.7 cm³/mol. The van der Waals surface area contributed by atoms with Crippen molar-refractivity contribution in [2.24, 2.45) is 0 Å². The van der Waals surface area contributed by atoms with Crippen molar-refractivity contribution in [1.82, 2.24) is 5.32 Å². The van der Waals surface area contributed by atoms with Crippen LogP contribution >= 0.6 is 0 Å². The van der Waals surface area contributed by atoms with Crippen LogP contribution < -0.4 is 15.4 Å². The van der Waals surface area contributed by atoms with Gasteiger partial charge in [0.1, 0.15) is 5.75 Å². The van der Waals surface area contributed by atoms with Crippen molar-refractivity contribution in [1.29, 1.82) is 0 Å². The molecule has 132 valence electrons. The van der Waals surface area contributed by atoms with E-state index in [-0.39, 0.29) is 24.5 Å². The van der Waals surface area contributed by atoms with Crippen LogP contribution in [-0.2, 0) is 9.59 Å². The summed E-state index contributed by atoms with van der Waals surface area (Å²) >= 11 is 0. The third-order valence-electron chi connectivity index (χ3n) is 3.96. The number of hydrogen-bond acceptors (Lipinski definition) is 3. The van der Waals surface area contributed by atoms with E-state index >= 15 is 0 Å². The summed E-state index contributed by atoms with van der Waals surface area (Å²) < 4.78 is 5.55. The first-order valence-corrected chi connectivity index (χ1v) is 8.22. The summed E-state index contributed by atoms with van der Waals surface area (Å²) in [5, 5.41) is 5.60. The maximum atomic E-state index is 12.2. The number of nitrogens with one attached hydrogen (secondary N) is 2. The first-order chi connectivity index (χ1) is 11.9. The fourth-order valence-electron chi connectivity index (χ4n) is 2.43. The molecule has 2 rings (SSSR count). The molecule has 0 bridgehead atoms. The number of aryl methyl sites for hydroxylation is 2. The molecule has 0 saturated heterocycles. The largest absolute Gasteiger partial charge is 0.482 e. The lowest BCUT2D eigenvalue weighted by atomic mass is 10.0. The van der Waals surface area contributed by atoms with E-state index in [0.29, 0.717) is 11.4 Å². The fourth-order valence-corrected chi connectivity index (χ4v) is 2.43. The number of ether oxygens (including phenoxy) is 1. The van der Waals surface area contributed by atoms with Crippen LogP contribution in [0.4, 0.5) is 5.69 Å². The molecule has 0 saturated carbocycles. The van der Waals surface area contributed by atoms with Gasteiger partial charge in [-0.1, -0.05) is 30.3 Å². The SMILES string of the molecule is CC(=O)Nc1ccccc1OCC(=O)NC(C)c1ccc(C)c(C)c1. The highest BCUT2D eigenvalue weighted by atomic mass is 16.5. The van der Waals surface area contributed by atoms with Gasteiger partial charge >= 0.3 is 0 Å². The minimum Gasteiger partial charge on any atom is -0.482 e. The lowest BCUT2D eigenvalue weighted by Gasteiger charge is -2.17. The van der Waals surface area contributed by atoms with Crippen LogP contribution in [0.15, 0.2) is 42.5 Å². The zero-order valence-corrected chi connectivity index (χ0v) is 15.1. The maximum absolute atomic E-state index is 12.2. The van der Waals surface area contributed by atoms with Gasteiger partial charge in [-0.3, -0.25) is 9.59 Å². The molecule has 5 heteroatoms. The average Bonchev–Trinajstić information content (AvgIpc) is 2.56. The fraction of sp³-hybridized carbons (Fsp3) is 0.300. The first-order valence-electron chi connectivity index (χ1n) is 8.22. The Morgan fingerprint density at radius 2 is 1.80 bits per heavy atom. The number of carbonyl (C=O) groups is 2. The van der Waals surface area contributed by atoms with Crippen molar-refractivity contribution in [2.75, 3.05) is 11.9 Å². The topological polar surface area (TPSA) is 67.4 Å². The van der Waals surface area contributed by atoms with Crippen LogP contribution in [0.25, 0.3) is 0 Å². The Bertz CT molecular complexity index is 771. The normalized spacial score (nSPS) is 11.5. The van der Waals surface area contributed by atoms with Crippen LogP contribution in [0.1, 0.15) is 36.6 Å². The van der Waals surface area contributed by atoms with Gasteiger partial charge < -0.3 is 15.4 Å². The van der Waals surface area contributed by atoms with E-state index in [1.807, 2.05) is 19.1 Å². The second kappa shape index (κ2) is 8.33. The number of amides is 2. The standard InChI is InChI=1S/C20H24N2O3/c1-13-9-10-17(11-14(13)2)15(3)21-20(24)12-25-19-8-6-5-7-18(19)22-16(4)23/h5-11,15H,12H2,1-4H3,(H,21,24)(H,22,23). The van der Waals surface area contributed by atoms with E-state index in [1.165, 1.54) is 18.1 Å². The second-order valence-electron chi connectivity index (χ2n) is 6.10. The summed E-state index contributed by atoms with van der Waals surface area (Å²) in [7, 11) is 0. The summed E-state index contributed by atoms with van der Waals surface area (Å²) in [6.07, 6.45) is 0. The number of hydrogen-bond donors (Lipinski definition) is 2. The highest BCUT2D eigenvalue weighted by molar-refractivity contribution is 5.90. The van der Waals surface area contributed by atoms with Gasteiger partial charge in [0.25, 0.3) is 5.91 Å².